The highest BCUT2D eigenvalue weighted by atomic mass is 16.1. The first-order valence-electron chi connectivity index (χ1n) is 2.83. The minimum absolute atomic E-state index is 0.108. The highest BCUT2D eigenvalue weighted by Crippen LogP contribution is 1.77. The van der Waals surface area contributed by atoms with E-state index in [0.717, 1.165) is 0 Å². The van der Waals surface area contributed by atoms with Gasteiger partial charge in [-0.3, -0.25) is 10.2 Å². The van der Waals surface area contributed by atoms with Crippen molar-refractivity contribution < 1.29 is 4.79 Å². The molecule has 0 unspecified atom stereocenters. The summed E-state index contributed by atoms with van der Waals surface area (Å²) in [6.45, 7) is 0.131. The fourth-order valence-corrected chi connectivity index (χ4v) is 0.380. The first-order chi connectivity index (χ1) is 4.57. The van der Waals surface area contributed by atoms with Crippen molar-refractivity contribution in [2.24, 2.45) is 5.73 Å². The molecule has 0 bridgehead atoms. The average molecular weight is 144 g/mol. The Morgan fingerprint density at radius 1 is 1.80 bits per heavy atom. The zero-order valence-corrected chi connectivity index (χ0v) is 6.14. The Bertz CT molecular complexity index is 145. The van der Waals surface area contributed by atoms with Gasteiger partial charge in [0, 0.05) is 14.1 Å². The van der Waals surface area contributed by atoms with Crippen LogP contribution in [0.3, 0.4) is 0 Å². The van der Waals surface area contributed by atoms with Crippen LogP contribution in [0.15, 0.2) is 0 Å². The first-order valence-corrected chi connectivity index (χ1v) is 2.83. The Hall–Kier alpha value is -1.26. The van der Waals surface area contributed by atoms with Crippen molar-refractivity contribution in [2.45, 2.75) is 0 Å². The summed E-state index contributed by atoms with van der Waals surface area (Å²) in [6.07, 6.45) is 0. The van der Waals surface area contributed by atoms with Gasteiger partial charge in [0.1, 0.15) is 0 Å². The van der Waals surface area contributed by atoms with Crippen LogP contribution in [0.1, 0.15) is 0 Å². The van der Waals surface area contributed by atoms with Gasteiger partial charge in [-0.2, -0.15) is 0 Å². The lowest BCUT2D eigenvalue weighted by molar-refractivity contribution is -0.120. The van der Waals surface area contributed by atoms with Crippen LogP contribution in [-0.2, 0) is 4.79 Å². The lowest BCUT2D eigenvalue weighted by Crippen LogP contribution is -2.40. The zero-order valence-electron chi connectivity index (χ0n) is 6.14. The second-order valence-corrected chi connectivity index (χ2v) is 1.91. The molecule has 0 spiro atoms. The van der Waals surface area contributed by atoms with Crippen LogP contribution >= 0.6 is 0 Å². The maximum Gasteiger partial charge on any atom is 0.239 e. The van der Waals surface area contributed by atoms with Crippen LogP contribution in [-0.4, -0.2) is 37.4 Å². The van der Waals surface area contributed by atoms with Crippen molar-refractivity contribution in [3.63, 3.8) is 0 Å². The molecule has 0 aliphatic rings. The van der Waals surface area contributed by atoms with E-state index in [1.165, 1.54) is 11.9 Å². The summed E-state index contributed by atoms with van der Waals surface area (Å²) < 4.78 is 0. The van der Waals surface area contributed by atoms with E-state index >= 15 is 0 Å². The highest BCUT2D eigenvalue weighted by Gasteiger charge is 2.03. The van der Waals surface area contributed by atoms with E-state index in [9.17, 15) is 4.79 Å². The molecule has 0 heterocycles. The molecule has 0 aromatic carbocycles. The maximum absolute atomic E-state index is 10.6. The number of likely N-dealkylation sites (N-methyl/N-ethyl adjacent to an activating group) is 2. The van der Waals surface area contributed by atoms with Crippen molar-refractivity contribution >= 4 is 11.9 Å². The molecule has 0 atom stereocenters. The van der Waals surface area contributed by atoms with Crippen molar-refractivity contribution in [2.75, 3.05) is 20.6 Å². The first kappa shape index (κ1) is 8.74. The summed E-state index contributed by atoms with van der Waals surface area (Å²) in [4.78, 5) is 12.0. The molecule has 0 aliphatic heterocycles. The normalized spacial score (nSPS) is 8.60. The molecule has 0 aliphatic carbocycles. The highest BCUT2D eigenvalue weighted by molar-refractivity contribution is 5.83. The fourth-order valence-electron chi connectivity index (χ4n) is 0.380. The van der Waals surface area contributed by atoms with Gasteiger partial charge in [-0.05, 0) is 0 Å². The van der Waals surface area contributed by atoms with Gasteiger partial charge >= 0.3 is 0 Å². The molecule has 10 heavy (non-hydrogen) atoms. The molecule has 0 aromatic rings. The molecule has 0 saturated carbocycles. The number of hydrogen-bond donors (Lipinski definition) is 3. The van der Waals surface area contributed by atoms with Crippen molar-refractivity contribution in [3.8, 4) is 0 Å². The third-order valence-electron chi connectivity index (χ3n) is 1.07. The van der Waals surface area contributed by atoms with Crippen LogP contribution in [0.5, 0.6) is 0 Å². The molecular weight excluding hydrogens is 132 g/mol. The molecule has 58 valence electrons. The Morgan fingerprint density at radius 3 is 2.60 bits per heavy atom. The smallest absolute Gasteiger partial charge is 0.239 e. The monoisotopic (exact) mass is 144 g/mol. The number of nitrogens with two attached hydrogens (primary N) is 1. The van der Waals surface area contributed by atoms with E-state index in [2.05, 4.69) is 5.32 Å². The minimum atomic E-state index is -0.155. The van der Waals surface area contributed by atoms with E-state index in [0.29, 0.717) is 0 Å². The SMILES string of the molecule is CNC(=O)CN(C)C(=N)N. The summed E-state index contributed by atoms with van der Waals surface area (Å²) in [6, 6.07) is 0. The summed E-state index contributed by atoms with van der Waals surface area (Å²) in [5, 5.41) is 9.31. The zero-order chi connectivity index (χ0) is 8.15. The topological polar surface area (TPSA) is 82.2 Å². The van der Waals surface area contributed by atoms with Crippen molar-refractivity contribution in [3.05, 3.63) is 0 Å². The largest absolute Gasteiger partial charge is 0.370 e. The predicted octanol–water partition coefficient (Wildman–Crippen LogP) is -1.44. The number of nitrogens with zero attached hydrogens (tertiary/aromatic N) is 1. The van der Waals surface area contributed by atoms with Crippen molar-refractivity contribution in [1.29, 1.82) is 5.41 Å². The van der Waals surface area contributed by atoms with Crippen LogP contribution in [0.25, 0.3) is 0 Å². The Kier molecular flexibility index (Phi) is 3.24. The summed E-state index contributed by atoms with van der Waals surface area (Å²) >= 11 is 0. The Balaban J connectivity index is 3.68. The maximum atomic E-state index is 10.6. The standard InChI is InChI=1S/C5H12N4O/c1-8-4(10)3-9(2)5(6)7/h3H2,1-2H3,(H3,6,7)(H,8,10). The molecule has 0 rings (SSSR count). The number of carbonyl (C=O) groups excluding carboxylic acids is 1. The molecule has 5 heteroatoms. The fraction of sp³-hybridized carbons (Fsp3) is 0.600. The second-order valence-electron chi connectivity index (χ2n) is 1.91. The van der Waals surface area contributed by atoms with Gasteiger partial charge in [0.05, 0.1) is 6.54 Å². The van der Waals surface area contributed by atoms with Crippen LogP contribution in [0, 0.1) is 5.41 Å². The third-order valence-corrected chi connectivity index (χ3v) is 1.07. The van der Waals surface area contributed by atoms with Crippen LogP contribution in [0.4, 0.5) is 0 Å². The quantitative estimate of drug-likeness (QED) is 0.328. The van der Waals surface area contributed by atoms with Gasteiger partial charge in [0.2, 0.25) is 5.91 Å². The summed E-state index contributed by atoms with van der Waals surface area (Å²) in [5.41, 5.74) is 5.07. The van der Waals surface area contributed by atoms with Crippen LogP contribution < -0.4 is 11.1 Å². The molecule has 1 amide bonds. The van der Waals surface area contributed by atoms with Gasteiger partial charge in [0.25, 0.3) is 0 Å². The average Bonchev–Trinajstić information content (AvgIpc) is 1.87. The lowest BCUT2D eigenvalue weighted by Gasteiger charge is -2.14. The molecule has 0 saturated heterocycles. The van der Waals surface area contributed by atoms with Gasteiger partial charge in [-0.15, -0.1) is 0 Å². The van der Waals surface area contributed by atoms with Gasteiger partial charge in [0.15, 0.2) is 5.96 Å². The second kappa shape index (κ2) is 3.71. The van der Waals surface area contributed by atoms with Crippen molar-refractivity contribution in [1.82, 2.24) is 10.2 Å². The number of rotatable bonds is 2. The number of hydrogen-bond acceptors (Lipinski definition) is 2. The summed E-state index contributed by atoms with van der Waals surface area (Å²) in [5.74, 6) is -0.263. The number of amides is 1. The number of carbonyl (C=O) groups is 1. The minimum Gasteiger partial charge on any atom is -0.370 e. The molecular formula is C5H12N4O. The lowest BCUT2D eigenvalue weighted by atomic mass is 10.5. The van der Waals surface area contributed by atoms with Gasteiger partial charge in [-0.1, -0.05) is 0 Å². The molecule has 0 aromatic heterocycles. The molecule has 0 radical (unpaired) electrons. The Labute approximate surface area is 59.7 Å². The molecule has 5 nitrogen and oxygen atoms in total. The van der Waals surface area contributed by atoms with E-state index in [1.807, 2.05) is 0 Å². The van der Waals surface area contributed by atoms with E-state index < -0.39 is 0 Å². The predicted molar refractivity (Wildman–Crippen MR) is 38.6 cm³/mol. The van der Waals surface area contributed by atoms with Crippen LogP contribution in [0.2, 0.25) is 0 Å². The van der Waals surface area contributed by atoms with E-state index in [4.69, 9.17) is 11.1 Å². The van der Waals surface area contributed by atoms with Gasteiger partial charge < -0.3 is 16.0 Å². The molecule has 4 N–H and O–H groups in total. The number of guanidine groups is 1. The van der Waals surface area contributed by atoms with Gasteiger partial charge in [-0.25, -0.2) is 0 Å². The number of nitrogens with one attached hydrogen (secondary N) is 2. The Morgan fingerprint density at radius 2 is 2.30 bits per heavy atom. The third kappa shape index (κ3) is 2.91. The molecule has 0 fully saturated rings. The van der Waals surface area contributed by atoms with E-state index in [-0.39, 0.29) is 18.4 Å². The summed E-state index contributed by atoms with van der Waals surface area (Å²) in [7, 11) is 3.12. The van der Waals surface area contributed by atoms with E-state index in [1.54, 1.807) is 7.05 Å².